The van der Waals surface area contributed by atoms with Crippen LogP contribution in [0.25, 0.3) is 0 Å². The van der Waals surface area contributed by atoms with Crippen molar-refractivity contribution in [2.75, 3.05) is 39.9 Å². The predicted molar refractivity (Wildman–Crippen MR) is 103 cm³/mol. The zero-order valence-electron chi connectivity index (χ0n) is 16.4. The molecule has 1 fully saturated rings. The average Bonchev–Trinajstić information content (AvgIpc) is 2.72. The first kappa shape index (κ1) is 21.2. The van der Waals surface area contributed by atoms with Crippen molar-refractivity contribution in [3.05, 3.63) is 29.8 Å². The molecule has 1 N–H and O–H groups in total. The summed E-state index contributed by atoms with van der Waals surface area (Å²) < 4.78 is 10.0. The quantitative estimate of drug-likeness (QED) is 0.460. The highest BCUT2D eigenvalue weighted by Crippen LogP contribution is 2.12. The van der Waals surface area contributed by atoms with Crippen molar-refractivity contribution in [3.63, 3.8) is 0 Å². The Morgan fingerprint density at radius 1 is 1.07 bits per heavy atom. The summed E-state index contributed by atoms with van der Waals surface area (Å²) in [7, 11) is 1.60. The zero-order chi connectivity index (χ0) is 20.5. The Morgan fingerprint density at radius 2 is 1.68 bits per heavy atom. The molecule has 0 aromatic heterocycles. The Bertz CT molecular complexity index is 724. The standard InChI is InChI=1S/C19H26N4O5/c1-4-28-19(26)23-11-9-22(10-12-23)18(25)17(24)21-20-14(2)13-15-5-7-16(27-3)8-6-15/h5-8H,4,9-13H2,1-3H3,(H,21,24)/b20-14-. The molecule has 0 unspecified atom stereocenters. The molecule has 0 radical (unpaired) electrons. The number of nitrogens with zero attached hydrogens (tertiary/aromatic N) is 3. The largest absolute Gasteiger partial charge is 0.497 e. The molecule has 9 heteroatoms. The fraction of sp³-hybridized carbons (Fsp3) is 0.474. The summed E-state index contributed by atoms with van der Waals surface area (Å²) in [6.45, 7) is 5.02. The number of ether oxygens (including phenoxy) is 2. The second-order valence-electron chi connectivity index (χ2n) is 6.29. The maximum absolute atomic E-state index is 12.2. The van der Waals surface area contributed by atoms with Gasteiger partial charge in [-0.15, -0.1) is 0 Å². The summed E-state index contributed by atoms with van der Waals surface area (Å²) in [6, 6.07) is 7.52. The number of carbonyl (C=O) groups excluding carboxylic acids is 3. The van der Waals surface area contributed by atoms with Crippen LogP contribution in [0.4, 0.5) is 4.79 Å². The van der Waals surface area contributed by atoms with Crippen LogP contribution >= 0.6 is 0 Å². The van der Waals surface area contributed by atoms with Gasteiger partial charge >= 0.3 is 17.9 Å². The van der Waals surface area contributed by atoms with Gasteiger partial charge in [0.1, 0.15) is 5.75 Å². The molecule has 0 aliphatic carbocycles. The predicted octanol–water partition coefficient (Wildman–Crippen LogP) is 1.03. The zero-order valence-corrected chi connectivity index (χ0v) is 16.4. The van der Waals surface area contributed by atoms with Gasteiger partial charge in [-0.1, -0.05) is 12.1 Å². The van der Waals surface area contributed by atoms with Crippen LogP contribution in [0.1, 0.15) is 19.4 Å². The third-order valence-corrected chi connectivity index (χ3v) is 4.25. The smallest absolute Gasteiger partial charge is 0.409 e. The molecule has 0 saturated carbocycles. The lowest BCUT2D eigenvalue weighted by Crippen LogP contribution is -2.53. The first-order valence-electron chi connectivity index (χ1n) is 9.11. The second kappa shape index (κ2) is 10.3. The van der Waals surface area contributed by atoms with Gasteiger partial charge in [-0.05, 0) is 31.5 Å². The first-order chi connectivity index (χ1) is 13.4. The summed E-state index contributed by atoms with van der Waals surface area (Å²) in [5.74, 6) is -0.691. The van der Waals surface area contributed by atoms with E-state index in [0.717, 1.165) is 11.3 Å². The van der Waals surface area contributed by atoms with Gasteiger partial charge in [-0.25, -0.2) is 10.2 Å². The number of carbonyl (C=O) groups is 3. The molecule has 0 atom stereocenters. The van der Waals surface area contributed by atoms with E-state index < -0.39 is 17.9 Å². The van der Waals surface area contributed by atoms with E-state index in [1.165, 1.54) is 9.80 Å². The lowest BCUT2D eigenvalue weighted by atomic mass is 10.1. The van der Waals surface area contributed by atoms with E-state index in [1.54, 1.807) is 21.0 Å². The molecule has 1 aliphatic rings. The minimum atomic E-state index is -0.793. The number of hydrazone groups is 1. The highest BCUT2D eigenvalue weighted by Gasteiger charge is 2.28. The molecule has 1 aromatic carbocycles. The SMILES string of the molecule is CCOC(=O)N1CCN(C(=O)C(=O)N/N=C(/C)Cc2ccc(OC)cc2)CC1. The third-order valence-electron chi connectivity index (χ3n) is 4.25. The monoisotopic (exact) mass is 390 g/mol. The van der Waals surface area contributed by atoms with E-state index in [-0.39, 0.29) is 13.1 Å². The Balaban J connectivity index is 1.80. The van der Waals surface area contributed by atoms with Crippen molar-refractivity contribution in [1.29, 1.82) is 0 Å². The summed E-state index contributed by atoms with van der Waals surface area (Å²) in [5, 5.41) is 4.00. The second-order valence-corrected chi connectivity index (χ2v) is 6.29. The van der Waals surface area contributed by atoms with Gasteiger partial charge < -0.3 is 19.3 Å². The van der Waals surface area contributed by atoms with E-state index in [0.29, 0.717) is 31.8 Å². The summed E-state index contributed by atoms with van der Waals surface area (Å²) in [6.07, 6.45) is 0.134. The van der Waals surface area contributed by atoms with Gasteiger partial charge in [-0.2, -0.15) is 5.10 Å². The van der Waals surface area contributed by atoms with Crippen LogP contribution in [0.15, 0.2) is 29.4 Å². The van der Waals surface area contributed by atoms with E-state index in [1.807, 2.05) is 24.3 Å². The Labute approximate surface area is 164 Å². The molecule has 1 saturated heterocycles. The normalized spacial score (nSPS) is 14.5. The third kappa shape index (κ3) is 5.97. The molecule has 9 nitrogen and oxygen atoms in total. The number of benzene rings is 1. The van der Waals surface area contributed by atoms with Crippen molar-refractivity contribution in [3.8, 4) is 5.75 Å². The van der Waals surface area contributed by atoms with Crippen LogP contribution in [0.2, 0.25) is 0 Å². The number of hydrogen-bond acceptors (Lipinski definition) is 6. The van der Waals surface area contributed by atoms with Gasteiger partial charge in [0.2, 0.25) is 0 Å². The van der Waals surface area contributed by atoms with Crippen molar-refractivity contribution < 1.29 is 23.9 Å². The summed E-state index contributed by atoms with van der Waals surface area (Å²) >= 11 is 0. The number of methoxy groups -OCH3 is 1. The van der Waals surface area contributed by atoms with Crippen LogP contribution < -0.4 is 10.2 Å². The van der Waals surface area contributed by atoms with E-state index in [4.69, 9.17) is 9.47 Å². The van der Waals surface area contributed by atoms with Gasteiger partial charge in [0, 0.05) is 38.3 Å². The molecule has 1 aliphatic heterocycles. The van der Waals surface area contributed by atoms with Gasteiger partial charge in [0.25, 0.3) is 0 Å². The number of piperazine rings is 1. The number of rotatable bonds is 5. The van der Waals surface area contributed by atoms with Crippen LogP contribution in [-0.2, 0) is 20.7 Å². The Kier molecular flexibility index (Phi) is 7.79. The molecule has 1 heterocycles. The molecular formula is C19H26N4O5. The highest BCUT2D eigenvalue weighted by molar-refractivity contribution is 6.35. The van der Waals surface area contributed by atoms with Gasteiger partial charge in [0.05, 0.1) is 13.7 Å². The molecule has 1 aromatic rings. The maximum atomic E-state index is 12.2. The fourth-order valence-corrected chi connectivity index (χ4v) is 2.72. The molecule has 0 spiro atoms. The Morgan fingerprint density at radius 3 is 2.25 bits per heavy atom. The molecule has 2 rings (SSSR count). The number of hydrogen-bond donors (Lipinski definition) is 1. The van der Waals surface area contributed by atoms with Crippen LogP contribution in [0.3, 0.4) is 0 Å². The fourth-order valence-electron chi connectivity index (χ4n) is 2.72. The average molecular weight is 390 g/mol. The number of nitrogens with one attached hydrogen (secondary N) is 1. The van der Waals surface area contributed by atoms with E-state index in [2.05, 4.69) is 10.5 Å². The number of amides is 3. The van der Waals surface area contributed by atoms with Crippen molar-refractivity contribution >= 4 is 23.6 Å². The lowest BCUT2D eigenvalue weighted by molar-refractivity contribution is -0.146. The van der Waals surface area contributed by atoms with Crippen LogP contribution in [-0.4, -0.2) is 73.3 Å². The topological polar surface area (TPSA) is 101 Å². The Hall–Kier alpha value is -3.10. The van der Waals surface area contributed by atoms with Crippen LogP contribution in [0.5, 0.6) is 5.75 Å². The molecule has 152 valence electrons. The van der Waals surface area contributed by atoms with Crippen molar-refractivity contribution in [2.45, 2.75) is 20.3 Å². The highest BCUT2D eigenvalue weighted by atomic mass is 16.6. The molecule has 0 bridgehead atoms. The summed E-state index contributed by atoms with van der Waals surface area (Å²) in [4.78, 5) is 38.9. The minimum absolute atomic E-state index is 0.277. The first-order valence-corrected chi connectivity index (χ1v) is 9.11. The van der Waals surface area contributed by atoms with E-state index >= 15 is 0 Å². The van der Waals surface area contributed by atoms with E-state index in [9.17, 15) is 14.4 Å². The summed E-state index contributed by atoms with van der Waals surface area (Å²) in [5.41, 5.74) is 3.98. The van der Waals surface area contributed by atoms with Gasteiger partial charge in [0.15, 0.2) is 0 Å². The lowest BCUT2D eigenvalue weighted by Gasteiger charge is -2.33. The maximum Gasteiger partial charge on any atom is 0.409 e. The van der Waals surface area contributed by atoms with Crippen molar-refractivity contribution in [1.82, 2.24) is 15.2 Å². The molecule has 3 amide bonds. The van der Waals surface area contributed by atoms with Crippen LogP contribution in [0, 0.1) is 0 Å². The molecular weight excluding hydrogens is 364 g/mol. The molecule has 28 heavy (non-hydrogen) atoms. The minimum Gasteiger partial charge on any atom is -0.497 e. The van der Waals surface area contributed by atoms with Crippen molar-refractivity contribution in [2.24, 2.45) is 5.10 Å². The van der Waals surface area contributed by atoms with Gasteiger partial charge in [-0.3, -0.25) is 9.59 Å².